The molecular formula is C13H18N2O4S. The second-order valence-corrected chi connectivity index (χ2v) is 5.29. The summed E-state index contributed by atoms with van der Waals surface area (Å²) in [5.41, 5.74) is 1.03. The van der Waals surface area contributed by atoms with Gasteiger partial charge in [-0.1, -0.05) is 47.3 Å². The number of nitrogens with one attached hydrogen (secondary N) is 1. The zero-order chi connectivity index (χ0) is 15.0. The Morgan fingerprint density at radius 1 is 1.40 bits per heavy atom. The van der Waals surface area contributed by atoms with E-state index in [9.17, 15) is 9.59 Å². The number of hydrogen-bond donors (Lipinski definition) is 2. The number of carbonyl (C=O) groups excluding carboxylic acids is 2. The highest BCUT2D eigenvalue weighted by Crippen LogP contribution is 2.10. The lowest BCUT2D eigenvalue weighted by Crippen LogP contribution is -2.45. The van der Waals surface area contributed by atoms with Crippen LogP contribution in [0.4, 0.5) is 4.79 Å². The molecule has 20 heavy (non-hydrogen) atoms. The molecular weight excluding hydrogens is 280 g/mol. The maximum atomic E-state index is 11.6. The number of rotatable bonds is 6. The van der Waals surface area contributed by atoms with E-state index in [1.54, 1.807) is 0 Å². The molecule has 0 aliphatic rings. The minimum atomic E-state index is -0.766. The fourth-order valence-electron chi connectivity index (χ4n) is 1.58. The standard InChI is InChI=1S/C13H18N2O4S/c1-10(16)20-9-12(14-13(17)15(18)19-2)8-11-6-4-3-5-7-11/h3-7,12,18H,8-9H2,1-2H3,(H,14,17). The smallest absolute Gasteiger partial charge is 0.330 e. The highest BCUT2D eigenvalue weighted by molar-refractivity contribution is 8.13. The predicted molar refractivity (Wildman–Crippen MR) is 76.2 cm³/mol. The molecule has 0 fully saturated rings. The molecule has 1 unspecified atom stereocenters. The molecule has 0 heterocycles. The van der Waals surface area contributed by atoms with E-state index < -0.39 is 6.03 Å². The van der Waals surface area contributed by atoms with Crippen LogP contribution in [0.5, 0.6) is 0 Å². The third-order valence-electron chi connectivity index (χ3n) is 2.49. The van der Waals surface area contributed by atoms with Crippen LogP contribution in [0.15, 0.2) is 30.3 Å². The number of thioether (sulfide) groups is 1. The van der Waals surface area contributed by atoms with E-state index in [4.69, 9.17) is 5.21 Å². The first-order valence-corrected chi connectivity index (χ1v) is 7.02. The number of hydroxylamine groups is 2. The Labute approximate surface area is 122 Å². The summed E-state index contributed by atoms with van der Waals surface area (Å²) in [5.74, 6) is 0.424. The van der Waals surface area contributed by atoms with Crippen molar-refractivity contribution < 1.29 is 19.6 Å². The zero-order valence-electron chi connectivity index (χ0n) is 11.4. The van der Waals surface area contributed by atoms with Crippen molar-refractivity contribution in [2.45, 2.75) is 19.4 Å². The highest BCUT2D eigenvalue weighted by Gasteiger charge is 2.18. The summed E-state index contributed by atoms with van der Waals surface area (Å²) in [7, 11) is 1.18. The molecule has 0 saturated carbocycles. The summed E-state index contributed by atoms with van der Waals surface area (Å²) in [5, 5.41) is 11.9. The van der Waals surface area contributed by atoms with Gasteiger partial charge in [0.15, 0.2) is 5.12 Å². The number of carbonyl (C=O) groups is 2. The van der Waals surface area contributed by atoms with Crippen molar-refractivity contribution >= 4 is 22.9 Å². The van der Waals surface area contributed by atoms with Gasteiger partial charge in [0, 0.05) is 18.7 Å². The summed E-state index contributed by atoms with van der Waals surface area (Å²) in [6, 6.07) is 8.53. The minimum absolute atomic E-state index is 0.0232. The van der Waals surface area contributed by atoms with Gasteiger partial charge in [-0.05, 0) is 12.0 Å². The molecule has 0 saturated heterocycles. The molecule has 0 bridgehead atoms. The summed E-state index contributed by atoms with van der Waals surface area (Å²) >= 11 is 1.13. The van der Waals surface area contributed by atoms with E-state index >= 15 is 0 Å². The second-order valence-electron chi connectivity index (χ2n) is 4.09. The van der Waals surface area contributed by atoms with Gasteiger partial charge in [0.1, 0.15) is 0 Å². The lowest BCUT2D eigenvalue weighted by atomic mass is 10.1. The Balaban J connectivity index is 2.64. The Morgan fingerprint density at radius 3 is 2.60 bits per heavy atom. The van der Waals surface area contributed by atoms with Gasteiger partial charge in [0.05, 0.1) is 7.11 Å². The maximum Gasteiger partial charge on any atom is 0.367 e. The fourth-order valence-corrected chi connectivity index (χ4v) is 2.22. The van der Waals surface area contributed by atoms with E-state index in [1.165, 1.54) is 14.0 Å². The van der Waals surface area contributed by atoms with Crippen LogP contribution in [0.3, 0.4) is 0 Å². The van der Waals surface area contributed by atoms with Crippen LogP contribution >= 0.6 is 11.8 Å². The number of benzene rings is 1. The van der Waals surface area contributed by atoms with E-state index in [1.807, 2.05) is 30.3 Å². The predicted octanol–water partition coefficient (Wildman–Crippen LogP) is 1.84. The molecule has 0 aliphatic carbocycles. The third-order valence-corrected chi connectivity index (χ3v) is 3.46. The Hall–Kier alpha value is -1.57. The first kappa shape index (κ1) is 16.5. The molecule has 0 aliphatic heterocycles. The van der Waals surface area contributed by atoms with Crippen LogP contribution in [0.1, 0.15) is 12.5 Å². The molecule has 1 aromatic rings. The topological polar surface area (TPSA) is 78.9 Å². The molecule has 0 aromatic heterocycles. The summed E-state index contributed by atoms with van der Waals surface area (Å²) < 4.78 is 0. The van der Waals surface area contributed by atoms with Crippen LogP contribution in [0.25, 0.3) is 0 Å². The normalized spacial score (nSPS) is 11.8. The van der Waals surface area contributed by atoms with Crippen LogP contribution < -0.4 is 5.32 Å². The van der Waals surface area contributed by atoms with Gasteiger partial charge >= 0.3 is 6.03 Å². The average Bonchev–Trinajstić information content (AvgIpc) is 2.44. The average molecular weight is 298 g/mol. The molecule has 0 radical (unpaired) electrons. The fraction of sp³-hybridized carbons (Fsp3) is 0.385. The molecule has 1 rings (SSSR count). The minimum Gasteiger partial charge on any atom is -0.330 e. The molecule has 0 spiro atoms. The van der Waals surface area contributed by atoms with Gasteiger partial charge in [-0.2, -0.15) is 0 Å². The number of hydrogen-bond acceptors (Lipinski definition) is 5. The number of amides is 2. The third kappa shape index (κ3) is 6.05. The summed E-state index contributed by atoms with van der Waals surface area (Å²) in [6.07, 6.45) is 0.560. The van der Waals surface area contributed by atoms with Gasteiger partial charge in [-0.25, -0.2) is 9.63 Å². The first-order chi connectivity index (χ1) is 9.52. The van der Waals surface area contributed by atoms with Gasteiger partial charge in [-0.15, -0.1) is 0 Å². The lowest BCUT2D eigenvalue weighted by molar-refractivity contribution is -0.279. The van der Waals surface area contributed by atoms with Gasteiger partial charge in [0.2, 0.25) is 0 Å². The Bertz CT molecular complexity index is 441. The van der Waals surface area contributed by atoms with E-state index in [0.29, 0.717) is 12.2 Å². The highest BCUT2D eigenvalue weighted by atomic mass is 32.2. The first-order valence-electron chi connectivity index (χ1n) is 6.03. The largest absolute Gasteiger partial charge is 0.367 e. The monoisotopic (exact) mass is 298 g/mol. The van der Waals surface area contributed by atoms with Crippen LogP contribution in [-0.4, -0.2) is 40.5 Å². The van der Waals surface area contributed by atoms with Crippen molar-refractivity contribution in [1.29, 1.82) is 0 Å². The van der Waals surface area contributed by atoms with Crippen molar-refractivity contribution in [3.05, 3.63) is 35.9 Å². The number of urea groups is 1. The maximum absolute atomic E-state index is 11.6. The van der Waals surface area contributed by atoms with E-state index in [-0.39, 0.29) is 16.4 Å². The van der Waals surface area contributed by atoms with Gasteiger partial charge < -0.3 is 5.32 Å². The molecule has 110 valence electrons. The molecule has 2 N–H and O–H groups in total. The zero-order valence-corrected chi connectivity index (χ0v) is 12.2. The summed E-state index contributed by atoms with van der Waals surface area (Å²) in [4.78, 5) is 27.0. The number of nitrogens with zero attached hydrogens (tertiary/aromatic N) is 1. The lowest BCUT2D eigenvalue weighted by Gasteiger charge is -2.20. The van der Waals surface area contributed by atoms with Crippen molar-refractivity contribution in [2.75, 3.05) is 12.9 Å². The molecule has 1 aromatic carbocycles. The second kappa shape index (κ2) is 8.57. The van der Waals surface area contributed by atoms with Crippen LogP contribution in [-0.2, 0) is 16.1 Å². The van der Waals surface area contributed by atoms with Crippen LogP contribution in [0, 0.1) is 0 Å². The summed E-state index contributed by atoms with van der Waals surface area (Å²) in [6.45, 7) is 1.47. The van der Waals surface area contributed by atoms with Gasteiger partial charge in [-0.3, -0.25) is 10.0 Å². The van der Waals surface area contributed by atoms with Crippen molar-refractivity contribution in [1.82, 2.24) is 10.5 Å². The van der Waals surface area contributed by atoms with Gasteiger partial charge in [0.25, 0.3) is 0 Å². The van der Waals surface area contributed by atoms with E-state index in [2.05, 4.69) is 10.2 Å². The van der Waals surface area contributed by atoms with Crippen LogP contribution in [0.2, 0.25) is 0 Å². The van der Waals surface area contributed by atoms with Crippen molar-refractivity contribution in [3.63, 3.8) is 0 Å². The molecule has 2 amide bonds. The van der Waals surface area contributed by atoms with Crippen molar-refractivity contribution in [2.24, 2.45) is 0 Å². The SMILES string of the molecule is CON(O)C(=O)NC(CSC(C)=O)Cc1ccccc1. The Morgan fingerprint density at radius 2 is 2.05 bits per heavy atom. The Kier molecular flexibility index (Phi) is 7.06. The quantitative estimate of drug-likeness (QED) is 0.619. The molecule has 6 nitrogen and oxygen atoms in total. The molecule has 1 atom stereocenters. The van der Waals surface area contributed by atoms with E-state index in [0.717, 1.165) is 17.3 Å². The van der Waals surface area contributed by atoms with Crippen molar-refractivity contribution in [3.8, 4) is 0 Å². The molecule has 7 heteroatoms.